The second kappa shape index (κ2) is 7.51. The zero-order valence-corrected chi connectivity index (χ0v) is 12.4. The number of hydrogen-bond acceptors (Lipinski definition) is 2. The van der Waals surface area contributed by atoms with Crippen LogP contribution >= 0.6 is 11.6 Å². The van der Waals surface area contributed by atoms with Gasteiger partial charge in [-0.3, -0.25) is 20.4 Å². The van der Waals surface area contributed by atoms with Crippen LogP contribution in [0.4, 0.5) is 8.78 Å². The lowest BCUT2D eigenvalue weighted by atomic mass is 10.2. The fourth-order valence-electron chi connectivity index (χ4n) is 1.70. The molecule has 0 bridgehead atoms. The van der Waals surface area contributed by atoms with E-state index in [9.17, 15) is 18.4 Å². The minimum Gasteiger partial charge on any atom is -0.268 e. The smallest absolute Gasteiger partial charge is 0.268 e. The van der Waals surface area contributed by atoms with Gasteiger partial charge >= 0.3 is 0 Å². The lowest BCUT2D eigenvalue weighted by Crippen LogP contribution is -2.41. The van der Waals surface area contributed by atoms with Gasteiger partial charge < -0.3 is 0 Å². The van der Waals surface area contributed by atoms with Crippen molar-refractivity contribution in [3.05, 3.63) is 76.3 Å². The molecule has 0 saturated carbocycles. The van der Waals surface area contributed by atoms with Gasteiger partial charge in [0.25, 0.3) is 11.8 Å². The highest BCUT2D eigenvalue weighted by atomic mass is 35.5. The Morgan fingerprint density at radius 1 is 0.957 bits per heavy atom. The maximum absolute atomic E-state index is 13.5. The van der Waals surface area contributed by atoms with E-state index >= 15 is 0 Å². The Morgan fingerprint density at radius 3 is 2.35 bits per heavy atom. The van der Waals surface area contributed by atoms with Crippen molar-refractivity contribution >= 4 is 29.5 Å². The van der Waals surface area contributed by atoms with Gasteiger partial charge in [-0.25, -0.2) is 8.78 Å². The van der Waals surface area contributed by atoms with Gasteiger partial charge in [-0.2, -0.15) is 0 Å². The third-order valence-electron chi connectivity index (χ3n) is 2.82. The van der Waals surface area contributed by atoms with Gasteiger partial charge in [-0.15, -0.1) is 0 Å². The fourth-order valence-corrected chi connectivity index (χ4v) is 1.93. The van der Waals surface area contributed by atoms with Crippen LogP contribution in [0.3, 0.4) is 0 Å². The van der Waals surface area contributed by atoms with E-state index in [2.05, 4.69) is 5.43 Å². The molecule has 4 nitrogen and oxygen atoms in total. The van der Waals surface area contributed by atoms with E-state index in [4.69, 9.17) is 11.6 Å². The van der Waals surface area contributed by atoms with Gasteiger partial charge in [0.1, 0.15) is 11.6 Å². The van der Waals surface area contributed by atoms with Crippen molar-refractivity contribution in [3.8, 4) is 0 Å². The van der Waals surface area contributed by atoms with Crippen molar-refractivity contribution in [2.24, 2.45) is 0 Å². The third kappa shape index (κ3) is 4.37. The summed E-state index contributed by atoms with van der Waals surface area (Å²) in [4.78, 5) is 23.3. The molecule has 0 saturated heterocycles. The predicted molar refractivity (Wildman–Crippen MR) is 82.5 cm³/mol. The molecule has 7 heteroatoms. The van der Waals surface area contributed by atoms with Gasteiger partial charge in [0.05, 0.1) is 10.6 Å². The summed E-state index contributed by atoms with van der Waals surface area (Å²) in [5.41, 5.74) is 3.94. The van der Waals surface area contributed by atoms with Crippen molar-refractivity contribution in [1.82, 2.24) is 10.9 Å². The van der Waals surface area contributed by atoms with Crippen LogP contribution in [0.25, 0.3) is 6.08 Å². The highest BCUT2D eigenvalue weighted by Gasteiger charge is 2.11. The summed E-state index contributed by atoms with van der Waals surface area (Å²) in [6, 6.07) is 9.42. The number of carbonyl (C=O) groups is 2. The highest BCUT2D eigenvalue weighted by Crippen LogP contribution is 2.20. The first-order valence-corrected chi connectivity index (χ1v) is 6.84. The highest BCUT2D eigenvalue weighted by molar-refractivity contribution is 6.32. The Labute approximate surface area is 135 Å². The van der Waals surface area contributed by atoms with E-state index in [0.29, 0.717) is 0 Å². The average Bonchev–Trinajstić information content (AvgIpc) is 2.52. The number of hydrogen-bond donors (Lipinski definition) is 2. The van der Waals surface area contributed by atoms with E-state index in [0.717, 1.165) is 12.1 Å². The van der Waals surface area contributed by atoms with E-state index < -0.39 is 23.4 Å². The van der Waals surface area contributed by atoms with Crippen LogP contribution < -0.4 is 10.9 Å². The molecule has 0 radical (unpaired) electrons. The van der Waals surface area contributed by atoms with Gasteiger partial charge in [-0.05, 0) is 30.3 Å². The summed E-state index contributed by atoms with van der Waals surface area (Å²) in [5, 5.41) is 0.143. The lowest BCUT2D eigenvalue weighted by molar-refractivity contribution is -0.117. The summed E-state index contributed by atoms with van der Waals surface area (Å²) < 4.78 is 26.9. The lowest BCUT2D eigenvalue weighted by Gasteiger charge is -2.06. The van der Waals surface area contributed by atoms with E-state index in [1.807, 2.05) is 5.43 Å². The Hall–Kier alpha value is -2.73. The van der Waals surface area contributed by atoms with Crippen LogP contribution in [0.5, 0.6) is 0 Å². The molecular weight excluding hydrogens is 326 g/mol. The average molecular weight is 337 g/mol. The molecule has 0 aromatic heterocycles. The molecule has 0 fully saturated rings. The molecule has 118 valence electrons. The summed E-state index contributed by atoms with van der Waals surface area (Å²) in [6.45, 7) is 0. The van der Waals surface area contributed by atoms with Crippen molar-refractivity contribution in [2.45, 2.75) is 0 Å². The van der Waals surface area contributed by atoms with Gasteiger partial charge in [0.2, 0.25) is 0 Å². The molecule has 0 spiro atoms. The van der Waals surface area contributed by atoms with Gasteiger partial charge in [0, 0.05) is 11.6 Å². The predicted octanol–water partition coefficient (Wildman–Crippen LogP) is 3.09. The zero-order valence-electron chi connectivity index (χ0n) is 11.6. The van der Waals surface area contributed by atoms with Crippen molar-refractivity contribution < 1.29 is 18.4 Å². The number of halogens is 3. The standard InChI is InChI=1S/C16H11ClF2N2O2/c17-12-5-3-7-13(18)10(12)8-9-15(22)20-21-16(23)11-4-1-2-6-14(11)19/h1-9H,(H,20,22)(H,21,23)/b9-8+. The van der Waals surface area contributed by atoms with E-state index in [-0.39, 0.29) is 16.1 Å². The number of nitrogens with one attached hydrogen (secondary N) is 2. The molecule has 2 amide bonds. The van der Waals surface area contributed by atoms with Gasteiger partial charge in [-0.1, -0.05) is 29.8 Å². The number of rotatable bonds is 3. The van der Waals surface area contributed by atoms with Crippen LogP contribution in [0.1, 0.15) is 15.9 Å². The van der Waals surface area contributed by atoms with Crippen molar-refractivity contribution in [3.63, 3.8) is 0 Å². The summed E-state index contributed by atoms with van der Waals surface area (Å²) in [5.74, 6) is -2.84. The molecule has 0 aliphatic rings. The zero-order chi connectivity index (χ0) is 16.8. The molecule has 0 atom stereocenters. The second-order valence-corrected chi connectivity index (χ2v) is 4.80. The molecule has 2 rings (SSSR count). The van der Waals surface area contributed by atoms with E-state index in [1.165, 1.54) is 42.5 Å². The first-order chi connectivity index (χ1) is 11.0. The fraction of sp³-hybridized carbons (Fsp3) is 0. The van der Waals surface area contributed by atoms with Crippen molar-refractivity contribution in [1.29, 1.82) is 0 Å². The maximum Gasteiger partial charge on any atom is 0.272 e. The molecule has 2 N–H and O–H groups in total. The van der Waals surface area contributed by atoms with E-state index in [1.54, 1.807) is 0 Å². The SMILES string of the molecule is O=C(/C=C/c1c(F)cccc1Cl)NNC(=O)c1ccccc1F. The second-order valence-electron chi connectivity index (χ2n) is 4.39. The topological polar surface area (TPSA) is 58.2 Å². The molecule has 0 unspecified atom stereocenters. The van der Waals surface area contributed by atoms with Crippen LogP contribution in [-0.2, 0) is 4.79 Å². The summed E-state index contributed by atoms with van der Waals surface area (Å²) in [7, 11) is 0. The Bertz CT molecular complexity index is 758. The first kappa shape index (κ1) is 16.6. The van der Waals surface area contributed by atoms with Crippen molar-refractivity contribution in [2.75, 3.05) is 0 Å². The Balaban J connectivity index is 1.97. The number of carbonyl (C=O) groups excluding carboxylic acids is 2. The number of hydrazine groups is 1. The molecule has 0 aliphatic heterocycles. The Kier molecular flexibility index (Phi) is 5.43. The molecule has 0 aliphatic carbocycles. The largest absolute Gasteiger partial charge is 0.272 e. The minimum absolute atomic E-state index is 0.0461. The minimum atomic E-state index is -0.811. The monoisotopic (exact) mass is 336 g/mol. The normalized spacial score (nSPS) is 10.6. The number of amides is 2. The van der Waals surface area contributed by atoms with Crippen LogP contribution in [0.2, 0.25) is 5.02 Å². The van der Waals surface area contributed by atoms with Crippen LogP contribution in [-0.4, -0.2) is 11.8 Å². The quantitative estimate of drug-likeness (QED) is 0.668. The maximum atomic E-state index is 13.5. The van der Waals surface area contributed by atoms with Crippen LogP contribution in [0, 0.1) is 11.6 Å². The summed E-state index contributed by atoms with van der Waals surface area (Å²) >= 11 is 5.80. The molecule has 2 aromatic carbocycles. The summed E-state index contributed by atoms with van der Waals surface area (Å²) in [6.07, 6.45) is 2.16. The Morgan fingerprint density at radius 2 is 1.65 bits per heavy atom. The molecule has 23 heavy (non-hydrogen) atoms. The third-order valence-corrected chi connectivity index (χ3v) is 3.15. The molecule has 2 aromatic rings. The number of benzene rings is 2. The first-order valence-electron chi connectivity index (χ1n) is 6.46. The van der Waals surface area contributed by atoms with Crippen LogP contribution in [0.15, 0.2) is 48.5 Å². The van der Waals surface area contributed by atoms with Gasteiger partial charge in [0.15, 0.2) is 0 Å². The molecular formula is C16H11ClF2N2O2. The molecule has 0 heterocycles.